The maximum atomic E-state index is 12.3. The number of halogens is 1. The smallest absolute Gasteiger partial charge is 0.223 e. The largest absolute Gasteiger partial charge is 0.441 e. The van der Waals surface area contributed by atoms with E-state index in [0.29, 0.717) is 30.3 Å². The molecule has 0 aliphatic carbocycles. The minimum absolute atomic E-state index is 0.0504. The van der Waals surface area contributed by atoms with E-state index in [1.165, 1.54) is 0 Å². The van der Waals surface area contributed by atoms with E-state index in [1.54, 1.807) is 18.1 Å². The molecule has 0 atom stereocenters. The van der Waals surface area contributed by atoms with Gasteiger partial charge in [-0.15, -0.1) is 0 Å². The second-order valence-corrected chi connectivity index (χ2v) is 6.30. The third-order valence-electron chi connectivity index (χ3n) is 3.92. The molecule has 0 aliphatic heterocycles. The fourth-order valence-corrected chi connectivity index (χ4v) is 2.64. The van der Waals surface area contributed by atoms with Crippen molar-refractivity contribution in [1.82, 2.24) is 9.88 Å². The third-order valence-corrected chi connectivity index (χ3v) is 4.18. The van der Waals surface area contributed by atoms with Crippen molar-refractivity contribution in [1.29, 1.82) is 0 Å². The van der Waals surface area contributed by atoms with Gasteiger partial charge in [0.15, 0.2) is 11.7 Å². The van der Waals surface area contributed by atoms with Crippen LogP contribution < -0.4 is 0 Å². The molecular formula is C20H19ClN2O2. The lowest BCUT2D eigenvalue weighted by molar-refractivity contribution is -0.130. The fourth-order valence-electron chi connectivity index (χ4n) is 2.52. The van der Waals surface area contributed by atoms with Crippen molar-refractivity contribution in [3.63, 3.8) is 0 Å². The SMILES string of the molecule is CN(Cc1ccc(Cl)cc1)C(=O)CCc1ncc(-c2ccccc2)o1. The molecule has 1 heterocycles. The first-order valence-electron chi connectivity index (χ1n) is 8.10. The lowest BCUT2D eigenvalue weighted by Gasteiger charge is -2.17. The van der Waals surface area contributed by atoms with Gasteiger partial charge in [-0.25, -0.2) is 4.98 Å². The Balaban J connectivity index is 1.53. The van der Waals surface area contributed by atoms with Crippen LogP contribution in [0.2, 0.25) is 5.02 Å². The van der Waals surface area contributed by atoms with Crippen LogP contribution >= 0.6 is 11.6 Å². The molecule has 3 rings (SSSR count). The van der Waals surface area contributed by atoms with Crippen LogP contribution in [-0.4, -0.2) is 22.8 Å². The van der Waals surface area contributed by atoms with E-state index in [9.17, 15) is 4.79 Å². The van der Waals surface area contributed by atoms with Crippen LogP contribution in [0.1, 0.15) is 17.9 Å². The van der Waals surface area contributed by atoms with Crippen LogP contribution in [-0.2, 0) is 17.8 Å². The second-order valence-electron chi connectivity index (χ2n) is 5.86. The molecule has 0 N–H and O–H groups in total. The molecule has 4 nitrogen and oxygen atoms in total. The number of hydrogen-bond acceptors (Lipinski definition) is 3. The van der Waals surface area contributed by atoms with Crippen LogP contribution in [0.4, 0.5) is 0 Å². The van der Waals surface area contributed by atoms with Gasteiger partial charge >= 0.3 is 0 Å². The minimum atomic E-state index is 0.0504. The molecule has 3 aromatic rings. The molecule has 0 bridgehead atoms. The quantitative estimate of drug-likeness (QED) is 0.650. The number of carbonyl (C=O) groups is 1. The van der Waals surface area contributed by atoms with E-state index < -0.39 is 0 Å². The monoisotopic (exact) mass is 354 g/mol. The van der Waals surface area contributed by atoms with Crippen molar-refractivity contribution in [3.05, 3.63) is 77.3 Å². The lowest BCUT2D eigenvalue weighted by Crippen LogP contribution is -2.26. The average molecular weight is 355 g/mol. The highest BCUT2D eigenvalue weighted by Crippen LogP contribution is 2.20. The standard InChI is InChI=1S/C20H19ClN2O2/c1-23(14-15-7-9-17(21)10-8-15)20(24)12-11-19-22-13-18(25-19)16-5-3-2-4-6-16/h2-10,13H,11-12,14H2,1H3. The Morgan fingerprint density at radius 3 is 2.56 bits per heavy atom. The molecule has 0 saturated heterocycles. The zero-order valence-electron chi connectivity index (χ0n) is 14.0. The summed E-state index contributed by atoms with van der Waals surface area (Å²) in [5.41, 5.74) is 2.02. The van der Waals surface area contributed by atoms with Gasteiger partial charge in [-0.3, -0.25) is 4.79 Å². The van der Waals surface area contributed by atoms with Crippen molar-refractivity contribution >= 4 is 17.5 Å². The van der Waals surface area contributed by atoms with Crippen molar-refractivity contribution in [2.45, 2.75) is 19.4 Å². The van der Waals surface area contributed by atoms with Crippen LogP contribution in [0.25, 0.3) is 11.3 Å². The van der Waals surface area contributed by atoms with Crippen molar-refractivity contribution in [2.24, 2.45) is 0 Å². The molecule has 128 valence electrons. The highest BCUT2D eigenvalue weighted by molar-refractivity contribution is 6.30. The first-order chi connectivity index (χ1) is 12.1. The number of rotatable bonds is 6. The van der Waals surface area contributed by atoms with Gasteiger partial charge in [0.25, 0.3) is 0 Å². The molecular weight excluding hydrogens is 336 g/mol. The summed E-state index contributed by atoms with van der Waals surface area (Å²) < 4.78 is 5.73. The van der Waals surface area contributed by atoms with Crippen LogP contribution in [0.5, 0.6) is 0 Å². The van der Waals surface area contributed by atoms with Gasteiger partial charge in [0.05, 0.1) is 6.20 Å². The minimum Gasteiger partial charge on any atom is -0.441 e. The number of oxazole rings is 1. The van der Waals surface area contributed by atoms with Crippen LogP contribution in [0, 0.1) is 0 Å². The molecule has 1 aromatic heterocycles. The number of aryl methyl sites for hydroxylation is 1. The molecule has 0 saturated carbocycles. The normalized spacial score (nSPS) is 10.6. The van der Waals surface area contributed by atoms with Crippen molar-refractivity contribution in [2.75, 3.05) is 7.05 Å². The highest BCUT2D eigenvalue weighted by Gasteiger charge is 2.12. The number of nitrogens with zero attached hydrogens (tertiary/aromatic N) is 2. The highest BCUT2D eigenvalue weighted by atomic mass is 35.5. The number of amides is 1. The van der Waals surface area contributed by atoms with Gasteiger partial charge in [0.2, 0.25) is 5.91 Å². The summed E-state index contributed by atoms with van der Waals surface area (Å²) in [5.74, 6) is 1.35. The summed E-state index contributed by atoms with van der Waals surface area (Å²) in [4.78, 5) is 18.3. The maximum absolute atomic E-state index is 12.3. The lowest BCUT2D eigenvalue weighted by atomic mass is 10.2. The predicted molar refractivity (Wildman–Crippen MR) is 98.2 cm³/mol. The average Bonchev–Trinajstić information content (AvgIpc) is 3.11. The van der Waals surface area contributed by atoms with E-state index in [4.69, 9.17) is 16.0 Å². The van der Waals surface area contributed by atoms with E-state index in [0.717, 1.165) is 16.9 Å². The Kier molecular flexibility index (Phi) is 5.51. The van der Waals surface area contributed by atoms with Crippen molar-refractivity contribution in [3.8, 4) is 11.3 Å². The molecule has 0 spiro atoms. The third kappa shape index (κ3) is 4.70. The summed E-state index contributed by atoms with van der Waals surface area (Å²) in [6.45, 7) is 0.552. The van der Waals surface area contributed by atoms with Crippen molar-refractivity contribution < 1.29 is 9.21 Å². The number of aromatic nitrogens is 1. The van der Waals surface area contributed by atoms with Gasteiger partial charge < -0.3 is 9.32 Å². The first-order valence-corrected chi connectivity index (χ1v) is 8.48. The van der Waals surface area contributed by atoms with Gasteiger partial charge in [0.1, 0.15) is 0 Å². The molecule has 0 aliphatic rings. The Bertz CT molecular complexity index is 828. The summed E-state index contributed by atoms with van der Waals surface area (Å²) in [6, 6.07) is 17.3. The Labute approximate surface area is 152 Å². The summed E-state index contributed by atoms with van der Waals surface area (Å²) >= 11 is 5.88. The molecule has 0 unspecified atom stereocenters. The number of benzene rings is 2. The van der Waals surface area contributed by atoms with E-state index in [-0.39, 0.29) is 5.91 Å². The van der Waals surface area contributed by atoms with Gasteiger partial charge in [-0.05, 0) is 17.7 Å². The summed E-state index contributed by atoms with van der Waals surface area (Å²) in [5, 5.41) is 0.691. The molecule has 2 aromatic carbocycles. The maximum Gasteiger partial charge on any atom is 0.223 e. The molecule has 25 heavy (non-hydrogen) atoms. The molecule has 5 heteroatoms. The van der Waals surface area contributed by atoms with Gasteiger partial charge in [-0.2, -0.15) is 0 Å². The van der Waals surface area contributed by atoms with Gasteiger partial charge in [0, 0.05) is 37.0 Å². The first kappa shape index (κ1) is 17.2. The second kappa shape index (κ2) is 7.99. The predicted octanol–water partition coefficient (Wildman–Crippen LogP) is 4.59. The Morgan fingerprint density at radius 2 is 1.84 bits per heavy atom. The zero-order chi connectivity index (χ0) is 17.6. The van der Waals surface area contributed by atoms with Crippen LogP contribution in [0.3, 0.4) is 0 Å². The molecule has 0 fully saturated rings. The molecule has 0 radical (unpaired) electrons. The van der Waals surface area contributed by atoms with E-state index in [1.807, 2.05) is 54.6 Å². The zero-order valence-corrected chi connectivity index (χ0v) is 14.7. The van der Waals surface area contributed by atoms with E-state index in [2.05, 4.69) is 4.98 Å². The Hall–Kier alpha value is -2.59. The van der Waals surface area contributed by atoms with Crippen LogP contribution in [0.15, 0.2) is 65.2 Å². The fraction of sp³-hybridized carbons (Fsp3) is 0.200. The van der Waals surface area contributed by atoms with Gasteiger partial charge in [-0.1, -0.05) is 54.1 Å². The van der Waals surface area contributed by atoms with E-state index >= 15 is 0 Å². The number of hydrogen-bond donors (Lipinski definition) is 0. The summed E-state index contributed by atoms with van der Waals surface area (Å²) in [7, 11) is 1.79. The summed E-state index contributed by atoms with van der Waals surface area (Å²) in [6.07, 6.45) is 2.54. The topological polar surface area (TPSA) is 46.3 Å². The molecule has 1 amide bonds. The Morgan fingerprint density at radius 1 is 1.12 bits per heavy atom. The number of carbonyl (C=O) groups excluding carboxylic acids is 1.